The number of para-hydroxylation sites is 1. The molecule has 0 saturated heterocycles. The van der Waals surface area contributed by atoms with E-state index in [0.29, 0.717) is 37.9 Å². The zero-order chi connectivity index (χ0) is 24.8. The van der Waals surface area contributed by atoms with Gasteiger partial charge in [-0.3, -0.25) is 4.79 Å². The molecule has 0 saturated carbocycles. The predicted molar refractivity (Wildman–Crippen MR) is 117 cm³/mol. The van der Waals surface area contributed by atoms with Crippen LogP contribution >= 0.6 is 0 Å². The Bertz CT molecular complexity index is 1120. The smallest absolute Gasteiger partial charge is 0.486 e. The lowest BCUT2D eigenvalue weighted by Gasteiger charge is -2.21. The van der Waals surface area contributed by atoms with E-state index in [1.165, 1.54) is 24.3 Å². The monoisotopic (exact) mass is 502 g/mol. The van der Waals surface area contributed by atoms with Crippen LogP contribution in [0.1, 0.15) is 35.2 Å². The number of carbonyl (C=O) groups excluding carboxylic acids is 1. The van der Waals surface area contributed by atoms with Crippen LogP contribution in [-0.4, -0.2) is 46.9 Å². The molecular formula is C22H25F3N2O6S. The summed E-state index contributed by atoms with van der Waals surface area (Å²) in [7, 11) is -4.11. The number of halogens is 3. The molecule has 186 valence electrons. The number of hydrogen-bond acceptors (Lipinski definition) is 7. The second-order valence-corrected chi connectivity index (χ2v) is 9.11. The second-order valence-electron chi connectivity index (χ2n) is 7.58. The Kier molecular flexibility index (Phi) is 8.39. The molecule has 2 aromatic rings. The normalized spacial score (nSPS) is 13.5. The quantitative estimate of drug-likeness (QED) is 0.358. The third-order valence-electron chi connectivity index (χ3n) is 5.01. The van der Waals surface area contributed by atoms with Crippen LogP contribution in [0.25, 0.3) is 0 Å². The minimum atomic E-state index is -4.75. The van der Waals surface area contributed by atoms with Crippen molar-refractivity contribution in [2.24, 2.45) is 5.14 Å². The van der Waals surface area contributed by atoms with E-state index in [2.05, 4.69) is 10.1 Å². The molecule has 0 fully saturated rings. The molecule has 0 bridgehead atoms. The molecule has 0 aliphatic carbocycles. The number of nitrogens with two attached hydrogens (primary N) is 1. The number of Topliss-reactive ketones (excluding diaryl/α,β-unsaturated/α-hetero) is 1. The van der Waals surface area contributed by atoms with Gasteiger partial charge in [0.15, 0.2) is 17.3 Å². The van der Waals surface area contributed by atoms with Crippen molar-refractivity contribution in [3.05, 3.63) is 47.5 Å². The number of alkyl halides is 3. The molecule has 34 heavy (non-hydrogen) atoms. The molecular weight excluding hydrogens is 477 g/mol. The van der Waals surface area contributed by atoms with Gasteiger partial charge in [0, 0.05) is 12.0 Å². The van der Waals surface area contributed by atoms with E-state index in [1.54, 1.807) is 12.1 Å². The molecule has 2 aromatic carbocycles. The van der Waals surface area contributed by atoms with Gasteiger partial charge in [-0.1, -0.05) is 18.2 Å². The van der Waals surface area contributed by atoms with Gasteiger partial charge < -0.3 is 19.5 Å². The van der Waals surface area contributed by atoms with E-state index in [0.717, 1.165) is 0 Å². The maximum Gasteiger partial charge on any atom is 0.573 e. The summed E-state index contributed by atoms with van der Waals surface area (Å²) in [4.78, 5) is 12.3. The summed E-state index contributed by atoms with van der Waals surface area (Å²) in [5.74, 6) is -0.310. The van der Waals surface area contributed by atoms with Crippen LogP contribution in [0.2, 0.25) is 0 Å². The van der Waals surface area contributed by atoms with E-state index in [9.17, 15) is 26.4 Å². The summed E-state index contributed by atoms with van der Waals surface area (Å²) >= 11 is 0. The van der Waals surface area contributed by atoms with Crippen molar-refractivity contribution in [1.82, 2.24) is 5.32 Å². The average Bonchev–Trinajstić information content (AvgIpc) is 2.77. The molecule has 1 aliphatic heterocycles. The molecule has 3 N–H and O–H groups in total. The number of hydrogen-bond donors (Lipinski definition) is 2. The highest BCUT2D eigenvalue weighted by atomic mass is 32.2. The van der Waals surface area contributed by atoms with Gasteiger partial charge in [0.25, 0.3) is 0 Å². The minimum absolute atomic E-state index is 0.0108. The summed E-state index contributed by atoms with van der Waals surface area (Å²) in [5, 5.41) is 8.38. The Labute approximate surface area is 195 Å². The number of fused-ring (bicyclic) bond motifs is 1. The summed E-state index contributed by atoms with van der Waals surface area (Å²) < 4.78 is 76.0. The number of carbonyl (C=O) groups is 1. The zero-order valence-corrected chi connectivity index (χ0v) is 19.0. The second kappa shape index (κ2) is 11.1. The van der Waals surface area contributed by atoms with Gasteiger partial charge in [0.05, 0.1) is 0 Å². The highest BCUT2D eigenvalue weighted by molar-refractivity contribution is 7.89. The van der Waals surface area contributed by atoms with Gasteiger partial charge in [0.2, 0.25) is 10.0 Å². The van der Waals surface area contributed by atoms with E-state index >= 15 is 0 Å². The third-order valence-corrected chi connectivity index (χ3v) is 5.93. The Morgan fingerprint density at radius 3 is 2.56 bits per heavy atom. The van der Waals surface area contributed by atoms with Gasteiger partial charge in [-0.15, -0.1) is 13.2 Å². The van der Waals surface area contributed by atoms with Crippen molar-refractivity contribution in [2.45, 2.75) is 36.9 Å². The number of ether oxygens (including phenoxy) is 3. The molecule has 1 aliphatic rings. The maximum absolute atomic E-state index is 12.6. The first-order valence-corrected chi connectivity index (χ1v) is 12.1. The summed E-state index contributed by atoms with van der Waals surface area (Å²) in [5.41, 5.74) is 0.606. The van der Waals surface area contributed by atoms with Crippen molar-refractivity contribution < 1.29 is 40.6 Å². The van der Waals surface area contributed by atoms with Crippen molar-refractivity contribution >= 4 is 15.8 Å². The number of sulfonamides is 1. The Hall–Kier alpha value is -2.83. The van der Waals surface area contributed by atoms with Crippen molar-refractivity contribution in [1.29, 1.82) is 0 Å². The highest BCUT2D eigenvalue weighted by Gasteiger charge is 2.32. The predicted octanol–water partition coefficient (Wildman–Crippen LogP) is 3.19. The Morgan fingerprint density at radius 2 is 1.82 bits per heavy atom. The summed E-state index contributed by atoms with van der Waals surface area (Å²) in [6.07, 6.45) is -3.06. The molecule has 1 heterocycles. The van der Waals surface area contributed by atoms with Crippen molar-refractivity contribution in [3.63, 3.8) is 0 Å². The van der Waals surface area contributed by atoms with Crippen LogP contribution in [0, 0.1) is 0 Å². The molecule has 0 atom stereocenters. The largest absolute Gasteiger partial charge is 0.573 e. The summed E-state index contributed by atoms with van der Waals surface area (Å²) in [6, 6.07) is 8.61. The zero-order valence-electron chi connectivity index (χ0n) is 18.2. The molecule has 0 spiro atoms. The van der Waals surface area contributed by atoms with E-state index in [-0.39, 0.29) is 53.1 Å². The number of ketones is 1. The molecule has 0 amide bonds. The van der Waals surface area contributed by atoms with Crippen LogP contribution in [0.5, 0.6) is 17.2 Å². The van der Waals surface area contributed by atoms with Crippen LogP contribution in [0.3, 0.4) is 0 Å². The standard InChI is InChI=1S/C22H25F3N2O6S/c23-22(24,25)33-18-7-2-1-5-15(18)8-10-27-9-4-3-6-17(28)16-13-19-21(32-12-11-31-19)20(14-16)34(26,29)30/h1-2,5,7,13-14,27H,3-4,6,8-12H2,(H2,26,29,30). The fourth-order valence-corrected chi connectivity index (χ4v) is 4.17. The SMILES string of the molecule is NS(=O)(=O)c1cc(C(=O)CCCCNCCc2ccccc2OC(F)(F)F)cc2c1OCCO2. The van der Waals surface area contributed by atoms with E-state index in [4.69, 9.17) is 14.6 Å². The molecule has 8 nitrogen and oxygen atoms in total. The van der Waals surface area contributed by atoms with Crippen LogP contribution < -0.4 is 24.7 Å². The van der Waals surface area contributed by atoms with Crippen molar-refractivity contribution in [3.8, 4) is 17.2 Å². The number of primary sulfonamides is 1. The highest BCUT2D eigenvalue weighted by Crippen LogP contribution is 2.37. The molecule has 0 radical (unpaired) electrons. The first-order chi connectivity index (χ1) is 16.0. The van der Waals surface area contributed by atoms with Gasteiger partial charge in [0.1, 0.15) is 23.9 Å². The fourth-order valence-electron chi connectivity index (χ4n) is 3.46. The maximum atomic E-state index is 12.6. The van der Waals surface area contributed by atoms with Gasteiger partial charge >= 0.3 is 6.36 Å². The number of nitrogens with one attached hydrogen (secondary N) is 1. The summed E-state index contributed by atoms with van der Waals surface area (Å²) in [6.45, 7) is 1.40. The molecule has 0 unspecified atom stereocenters. The van der Waals surface area contributed by atoms with E-state index < -0.39 is 16.4 Å². The van der Waals surface area contributed by atoms with Crippen LogP contribution in [-0.2, 0) is 16.4 Å². The van der Waals surface area contributed by atoms with Crippen LogP contribution in [0.4, 0.5) is 13.2 Å². The fraction of sp³-hybridized carbons (Fsp3) is 0.409. The number of unbranched alkanes of at least 4 members (excludes halogenated alkanes) is 1. The Morgan fingerprint density at radius 1 is 1.09 bits per heavy atom. The van der Waals surface area contributed by atoms with Gasteiger partial charge in [-0.2, -0.15) is 0 Å². The van der Waals surface area contributed by atoms with E-state index in [1.807, 2.05) is 0 Å². The average molecular weight is 503 g/mol. The van der Waals surface area contributed by atoms with Gasteiger partial charge in [-0.25, -0.2) is 13.6 Å². The first-order valence-electron chi connectivity index (χ1n) is 10.6. The third kappa shape index (κ3) is 7.34. The number of rotatable bonds is 11. The van der Waals surface area contributed by atoms with Gasteiger partial charge in [-0.05, 0) is 56.1 Å². The Balaban J connectivity index is 1.45. The lowest BCUT2D eigenvalue weighted by atomic mass is 10.0. The number of benzene rings is 2. The first kappa shape index (κ1) is 25.8. The minimum Gasteiger partial charge on any atom is -0.486 e. The molecule has 12 heteroatoms. The molecule has 3 rings (SSSR count). The topological polar surface area (TPSA) is 117 Å². The lowest BCUT2D eigenvalue weighted by molar-refractivity contribution is -0.274. The van der Waals surface area contributed by atoms with Crippen molar-refractivity contribution in [2.75, 3.05) is 26.3 Å². The lowest BCUT2D eigenvalue weighted by Crippen LogP contribution is -2.21. The van der Waals surface area contributed by atoms with Crippen LogP contribution in [0.15, 0.2) is 41.3 Å². The molecule has 0 aromatic heterocycles.